The van der Waals surface area contributed by atoms with Crippen molar-refractivity contribution < 1.29 is 4.79 Å². The number of nitrogens with zero attached hydrogens (tertiary/aromatic N) is 3. The topological polar surface area (TPSA) is 71.3 Å². The molecule has 2 heterocycles. The quantitative estimate of drug-likeness (QED) is 0.725. The van der Waals surface area contributed by atoms with Crippen molar-refractivity contribution in [1.29, 1.82) is 0 Å². The molecule has 1 aromatic carbocycles. The molecule has 2 N–H and O–H groups in total. The van der Waals surface area contributed by atoms with Gasteiger partial charge in [0, 0.05) is 25.4 Å². The van der Waals surface area contributed by atoms with Crippen LogP contribution in [0.4, 0.5) is 5.82 Å². The van der Waals surface area contributed by atoms with Gasteiger partial charge in [0.2, 0.25) is 5.91 Å². The van der Waals surface area contributed by atoms with Crippen molar-refractivity contribution in [3.63, 3.8) is 0 Å². The van der Waals surface area contributed by atoms with E-state index in [0.717, 1.165) is 17.0 Å². The standard InChI is InChI=1S/C19H23N5O/c1-13-4-5-16(14(2)10-13)15(3)23-19(25)6-7-21-18-12-22-17-11-20-8-9-24(17)18/h4-5,8-12,15,21H,6-7H2,1-3H3,(H,23,25). The van der Waals surface area contributed by atoms with Crippen molar-refractivity contribution in [1.82, 2.24) is 19.7 Å². The minimum Gasteiger partial charge on any atom is -0.369 e. The monoisotopic (exact) mass is 337 g/mol. The van der Waals surface area contributed by atoms with Gasteiger partial charge in [-0.05, 0) is 31.9 Å². The molecular weight excluding hydrogens is 314 g/mol. The number of aryl methyl sites for hydroxylation is 2. The number of amides is 1. The maximum absolute atomic E-state index is 12.2. The van der Waals surface area contributed by atoms with Gasteiger partial charge in [0.1, 0.15) is 5.82 Å². The highest BCUT2D eigenvalue weighted by molar-refractivity contribution is 5.77. The number of aromatic nitrogens is 3. The predicted molar refractivity (Wildman–Crippen MR) is 98.6 cm³/mol. The number of nitrogens with one attached hydrogen (secondary N) is 2. The molecule has 0 aliphatic rings. The third-order valence-corrected chi connectivity index (χ3v) is 4.24. The molecule has 0 bridgehead atoms. The highest BCUT2D eigenvalue weighted by Gasteiger charge is 2.12. The summed E-state index contributed by atoms with van der Waals surface area (Å²) in [5.41, 5.74) is 4.36. The Morgan fingerprint density at radius 1 is 1.28 bits per heavy atom. The van der Waals surface area contributed by atoms with E-state index in [1.54, 1.807) is 18.6 Å². The molecule has 0 spiro atoms. The number of anilines is 1. The Labute approximate surface area is 147 Å². The number of hydrogen-bond donors (Lipinski definition) is 2. The highest BCUT2D eigenvalue weighted by Crippen LogP contribution is 2.18. The van der Waals surface area contributed by atoms with Crippen molar-refractivity contribution in [2.45, 2.75) is 33.2 Å². The van der Waals surface area contributed by atoms with E-state index in [1.165, 1.54) is 11.1 Å². The van der Waals surface area contributed by atoms with Crippen LogP contribution < -0.4 is 10.6 Å². The Balaban J connectivity index is 1.52. The van der Waals surface area contributed by atoms with Crippen molar-refractivity contribution in [2.24, 2.45) is 0 Å². The Bertz CT molecular complexity index is 886. The number of fused-ring (bicyclic) bond motifs is 1. The summed E-state index contributed by atoms with van der Waals surface area (Å²) in [5.74, 6) is 0.878. The molecule has 130 valence electrons. The lowest BCUT2D eigenvalue weighted by Gasteiger charge is -2.17. The Hall–Kier alpha value is -2.89. The third kappa shape index (κ3) is 3.96. The summed E-state index contributed by atoms with van der Waals surface area (Å²) in [4.78, 5) is 20.5. The van der Waals surface area contributed by atoms with Gasteiger partial charge in [-0.1, -0.05) is 23.8 Å². The van der Waals surface area contributed by atoms with Crippen LogP contribution in [0.25, 0.3) is 5.65 Å². The van der Waals surface area contributed by atoms with Crippen LogP contribution >= 0.6 is 0 Å². The zero-order valence-corrected chi connectivity index (χ0v) is 14.8. The summed E-state index contributed by atoms with van der Waals surface area (Å²) in [7, 11) is 0. The normalized spacial score (nSPS) is 12.1. The molecule has 3 rings (SSSR count). The van der Waals surface area contributed by atoms with Crippen LogP contribution in [0.15, 0.2) is 43.0 Å². The lowest BCUT2D eigenvalue weighted by atomic mass is 10.0. The molecule has 2 aromatic heterocycles. The van der Waals surface area contributed by atoms with Crippen LogP contribution in [-0.2, 0) is 4.79 Å². The van der Waals surface area contributed by atoms with Gasteiger partial charge in [-0.15, -0.1) is 0 Å². The number of carbonyl (C=O) groups is 1. The largest absolute Gasteiger partial charge is 0.369 e. The summed E-state index contributed by atoms with van der Waals surface area (Å²) in [6.45, 7) is 6.70. The Morgan fingerprint density at radius 2 is 2.12 bits per heavy atom. The van der Waals surface area contributed by atoms with E-state index in [4.69, 9.17) is 0 Å². The van der Waals surface area contributed by atoms with Gasteiger partial charge in [0.15, 0.2) is 5.65 Å². The smallest absolute Gasteiger partial charge is 0.222 e. The molecule has 6 heteroatoms. The molecule has 0 aliphatic carbocycles. The first-order valence-corrected chi connectivity index (χ1v) is 8.42. The lowest BCUT2D eigenvalue weighted by molar-refractivity contribution is -0.121. The second-order valence-corrected chi connectivity index (χ2v) is 6.27. The summed E-state index contributed by atoms with van der Waals surface area (Å²) in [6, 6.07) is 6.29. The summed E-state index contributed by atoms with van der Waals surface area (Å²) >= 11 is 0. The van der Waals surface area contributed by atoms with Crippen LogP contribution in [0.3, 0.4) is 0 Å². The molecule has 6 nitrogen and oxygen atoms in total. The minimum atomic E-state index is -0.00466. The number of rotatable bonds is 6. The maximum atomic E-state index is 12.2. The molecule has 1 amide bonds. The van der Waals surface area contributed by atoms with Crippen LogP contribution in [0, 0.1) is 13.8 Å². The average molecular weight is 337 g/mol. The molecule has 1 atom stereocenters. The highest BCUT2D eigenvalue weighted by atomic mass is 16.1. The molecule has 0 saturated carbocycles. The fourth-order valence-corrected chi connectivity index (χ4v) is 2.98. The van der Waals surface area contributed by atoms with Crippen molar-refractivity contribution in [3.05, 3.63) is 59.7 Å². The Morgan fingerprint density at radius 3 is 2.92 bits per heavy atom. The van der Waals surface area contributed by atoms with Gasteiger partial charge in [-0.2, -0.15) is 0 Å². The third-order valence-electron chi connectivity index (χ3n) is 4.24. The van der Waals surface area contributed by atoms with Crippen LogP contribution in [-0.4, -0.2) is 26.8 Å². The molecule has 0 fully saturated rings. The first-order chi connectivity index (χ1) is 12.0. The first-order valence-electron chi connectivity index (χ1n) is 8.42. The van der Waals surface area contributed by atoms with E-state index in [1.807, 2.05) is 17.5 Å². The zero-order chi connectivity index (χ0) is 17.8. The summed E-state index contributed by atoms with van der Waals surface area (Å²) in [5, 5.41) is 6.30. The number of benzene rings is 1. The predicted octanol–water partition coefficient (Wildman–Crippen LogP) is 3.03. The summed E-state index contributed by atoms with van der Waals surface area (Å²) in [6.07, 6.45) is 7.38. The number of carbonyl (C=O) groups excluding carboxylic acids is 1. The van der Waals surface area contributed by atoms with Gasteiger partial charge >= 0.3 is 0 Å². The maximum Gasteiger partial charge on any atom is 0.222 e. The van der Waals surface area contributed by atoms with Gasteiger partial charge in [-0.25, -0.2) is 4.98 Å². The van der Waals surface area contributed by atoms with Gasteiger partial charge in [-0.3, -0.25) is 14.2 Å². The van der Waals surface area contributed by atoms with E-state index >= 15 is 0 Å². The van der Waals surface area contributed by atoms with Crippen molar-refractivity contribution in [2.75, 3.05) is 11.9 Å². The zero-order valence-electron chi connectivity index (χ0n) is 14.8. The lowest BCUT2D eigenvalue weighted by Crippen LogP contribution is -2.28. The molecule has 25 heavy (non-hydrogen) atoms. The second kappa shape index (κ2) is 7.34. The average Bonchev–Trinajstić information content (AvgIpc) is 2.98. The molecule has 3 aromatic rings. The van der Waals surface area contributed by atoms with E-state index in [0.29, 0.717) is 13.0 Å². The SMILES string of the molecule is Cc1ccc(C(C)NC(=O)CCNc2cnc3cnccn23)c(C)c1. The van der Waals surface area contributed by atoms with E-state index in [-0.39, 0.29) is 11.9 Å². The fraction of sp³-hybridized carbons (Fsp3) is 0.316. The summed E-state index contributed by atoms with van der Waals surface area (Å²) < 4.78 is 1.91. The second-order valence-electron chi connectivity index (χ2n) is 6.27. The molecular formula is C19H23N5O. The minimum absolute atomic E-state index is 0.00466. The van der Waals surface area contributed by atoms with Crippen molar-refractivity contribution in [3.8, 4) is 0 Å². The van der Waals surface area contributed by atoms with Crippen molar-refractivity contribution >= 4 is 17.4 Å². The van der Waals surface area contributed by atoms with E-state index < -0.39 is 0 Å². The van der Waals surface area contributed by atoms with Gasteiger partial charge < -0.3 is 10.6 Å². The van der Waals surface area contributed by atoms with E-state index in [2.05, 4.69) is 52.6 Å². The molecule has 0 saturated heterocycles. The Kier molecular flexibility index (Phi) is 4.97. The van der Waals surface area contributed by atoms with Crippen LogP contribution in [0.5, 0.6) is 0 Å². The number of hydrogen-bond acceptors (Lipinski definition) is 4. The van der Waals surface area contributed by atoms with Crippen LogP contribution in [0.1, 0.15) is 36.1 Å². The number of imidazole rings is 1. The van der Waals surface area contributed by atoms with Gasteiger partial charge in [0.25, 0.3) is 0 Å². The van der Waals surface area contributed by atoms with E-state index in [9.17, 15) is 4.79 Å². The molecule has 0 aliphatic heterocycles. The molecule has 0 radical (unpaired) electrons. The first kappa shape index (κ1) is 17.0. The van der Waals surface area contributed by atoms with Gasteiger partial charge in [0.05, 0.1) is 18.4 Å². The molecule has 1 unspecified atom stereocenters. The van der Waals surface area contributed by atoms with Crippen LogP contribution in [0.2, 0.25) is 0 Å². The fourth-order valence-electron chi connectivity index (χ4n) is 2.98.